The van der Waals surface area contributed by atoms with Gasteiger partial charge in [-0.25, -0.2) is 0 Å². The summed E-state index contributed by atoms with van der Waals surface area (Å²) in [5.74, 6) is 0.363. The molecule has 0 radical (unpaired) electrons. The summed E-state index contributed by atoms with van der Waals surface area (Å²) in [6.07, 6.45) is 0. The molecule has 0 spiro atoms. The number of ether oxygens (including phenoxy) is 2. The lowest BCUT2D eigenvalue weighted by atomic mass is 10.1. The Morgan fingerprint density at radius 3 is 2.50 bits per heavy atom. The molecule has 0 aliphatic heterocycles. The van der Waals surface area contributed by atoms with Crippen LogP contribution in [0, 0.1) is 0 Å². The number of benzene rings is 3. The Morgan fingerprint density at radius 1 is 0.964 bits per heavy atom. The lowest BCUT2D eigenvalue weighted by Crippen LogP contribution is -2.13. The molecule has 0 aliphatic rings. The van der Waals surface area contributed by atoms with Crippen LogP contribution in [0.4, 0.5) is 5.69 Å². The molecule has 1 amide bonds. The summed E-state index contributed by atoms with van der Waals surface area (Å²) in [5.41, 5.74) is 2.78. The third kappa shape index (κ3) is 5.04. The normalized spacial score (nSPS) is 10.5. The van der Waals surface area contributed by atoms with Gasteiger partial charge in [-0.05, 0) is 35.9 Å². The monoisotopic (exact) mass is 415 g/mol. The van der Waals surface area contributed by atoms with E-state index in [0.29, 0.717) is 40.3 Å². The molecule has 3 rings (SSSR count). The summed E-state index contributed by atoms with van der Waals surface area (Å²) in [6.45, 7) is 0.787. The van der Waals surface area contributed by atoms with Gasteiger partial charge in [-0.1, -0.05) is 59.6 Å². The highest BCUT2D eigenvalue weighted by Gasteiger charge is 2.13. The Bertz CT molecular complexity index is 961. The first-order chi connectivity index (χ1) is 13.6. The Balaban J connectivity index is 1.72. The number of hydrogen-bond donors (Lipinski definition) is 1. The van der Waals surface area contributed by atoms with Crippen molar-refractivity contribution in [1.82, 2.24) is 0 Å². The second kappa shape index (κ2) is 9.60. The summed E-state index contributed by atoms with van der Waals surface area (Å²) in [4.78, 5) is 12.6. The average Bonchev–Trinajstić information content (AvgIpc) is 2.72. The van der Waals surface area contributed by atoms with E-state index in [9.17, 15) is 4.79 Å². The molecule has 0 atom stereocenters. The van der Waals surface area contributed by atoms with Crippen LogP contribution in [0.2, 0.25) is 10.0 Å². The quantitative estimate of drug-likeness (QED) is 0.516. The van der Waals surface area contributed by atoms with E-state index in [1.165, 1.54) is 0 Å². The number of rotatable bonds is 7. The second-order valence-corrected chi connectivity index (χ2v) is 6.85. The van der Waals surface area contributed by atoms with Crippen molar-refractivity contribution in [3.63, 3.8) is 0 Å². The molecule has 6 heteroatoms. The molecular formula is C22H19Cl2NO3. The fourth-order valence-corrected chi connectivity index (χ4v) is 3.03. The van der Waals surface area contributed by atoms with E-state index in [0.717, 1.165) is 11.1 Å². The van der Waals surface area contributed by atoms with Crippen molar-refractivity contribution in [3.8, 4) is 5.75 Å². The van der Waals surface area contributed by atoms with Crippen LogP contribution in [0.25, 0.3) is 0 Å². The topological polar surface area (TPSA) is 47.6 Å². The molecule has 0 aliphatic carbocycles. The fourth-order valence-electron chi connectivity index (χ4n) is 2.68. The molecule has 3 aromatic rings. The molecule has 4 nitrogen and oxygen atoms in total. The third-order valence-corrected chi connectivity index (χ3v) is 4.93. The van der Waals surface area contributed by atoms with E-state index in [1.54, 1.807) is 43.5 Å². The minimum absolute atomic E-state index is 0.295. The van der Waals surface area contributed by atoms with Crippen LogP contribution >= 0.6 is 23.2 Å². The van der Waals surface area contributed by atoms with Gasteiger partial charge in [0.15, 0.2) is 0 Å². The highest BCUT2D eigenvalue weighted by Crippen LogP contribution is 2.30. The molecule has 0 aromatic heterocycles. The smallest absolute Gasteiger partial charge is 0.255 e. The minimum Gasteiger partial charge on any atom is -0.496 e. The Morgan fingerprint density at radius 2 is 1.75 bits per heavy atom. The first kappa shape index (κ1) is 20.2. The summed E-state index contributed by atoms with van der Waals surface area (Å²) in [5, 5.41) is 3.46. The van der Waals surface area contributed by atoms with Gasteiger partial charge in [0.05, 0.1) is 36.1 Å². The fraction of sp³-hybridized carbons (Fsp3) is 0.136. The van der Waals surface area contributed by atoms with Gasteiger partial charge in [0, 0.05) is 11.1 Å². The molecule has 0 unspecified atom stereocenters. The Labute approximate surface area is 174 Å². The number of carbonyl (C=O) groups excluding carboxylic acids is 1. The van der Waals surface area contributed by atoms with E-state index in [1.807, 2.05) is 30.3 Å². The van der Waals surface area contributed by atoms with Gasteiger partial charge < -0.3 is 14.8 Å². The van der Waals surface area contributed by atoms with Crippen molar-refractivity contribution in [3.05, 3.63) is 93.5 Å². The van der Waals surface area contributed by atoms with Crippen molar-refractivity contribution >= 4 is 34.8 Å². The molecule has 3 aromatic carbocycles. The van der Waals surface area contributed by atoms with Crippen LogP contribution < -0.4 is 10.1 Å². The molecule has 1 N–H and O–H groups in total. The number of nitrogens with one attached hydrogen (secondary N) is 1. The van der Waals surface area contributed by atoms with Crippen LogP contribution in [0.1, 0.15) is 21.5 Å². The Kier molecular flexibility index (Phi) is 6.93. The number of amides is 1. The maximum absolute atomic E-state index is 12.6. The van der Waals surface area contributed by atoms with Gasteiger partial charge in [-0.15, -0.1) is 0 Å². The zero-order chi connectivity index (χ0) is 19.9. The maximum Gasteiger partial charge on any atom is 0.255 e. The molecular weight excluding hydrogens is 397 g/mol. The summed E-state index contributed by atoms with van der Waals surface area (Å²) >= 11 is 12.1. The van der Waals surface area contributed by atoms with Gasteiger partial charge in [0.1, 0.15) is 5.75 Å². The molecule has 0 fully saturated rings. The number of halogens is 2. The third-order valence-electron chi connectivity index (χ3n) is 4.11. The second-order valence-electron chi connectivity index (χ2n) is 6.06. The number of anilines is 1. The lowest BCUT2D eigenvalue weighted by molar-refractivity contribution is 0.102. The predicted molar refractivity (Wildman–Crippen MR) is 112 cm³/mol. The van der Waals surface area contributed by atoms with Gasteiger partial charge in [0.25, 0.3) is 5.91 Å². The molecule has 0 bridgehead atoms. The molecule has 144 valence electrons. The van der Waals surface area contributed by atoms with Crippen molar-refractivity contribution in [1.29, 1.82) is 0 Å². The zero-order valence-corrected chi connectivity index (χ0v) is 16.8. The SMILES string of the molecule is COc1ccc(C(=O)Nc2cccc(Cl)c2Cl)cc1COCc1ccccc1. The number of methoxy groups -OCH3 is 1. The van der Waals surface area contributed by atoms with Crippen LogP contribution in [-0.4, -0.2) is 13.0 Å². The molecule has 0 heterocycles. The van der Waals surface area contributed by atoms with Crippen LogP contribution in [0.15, 0.2) is 66.7 Å². The van der Waals surface area contributed by atoms with Crippen molar-refractivity contribution in [2.45, 2.75) is 13.2 Å². The summed E-state index contributed by atoms with van der Waals surface area (Å²) in [6, 6.07) is 20.1. The van der Waals surface area contributed by atoms with Crippen LogP contribution in [0.3, 0.4) is 0 Å². The molecule has 0 saturated heterocycles. The first-order valence-corrected chi connectivity index (χ1v) is 9.38. The van der Waals surface area contributed by atoms with E-state index in [4.69, 9.17) is 32.7 Å². The van der Waals surface area contributed by atoms with E-state index < -0.39 is 0 Å². The standard InChI is InChI=1S/C22H19Cl2NO3/c1-27-20-11-10-16(22(26)25-19-9-5-8-18(23)21(19)24)12-17(20)14-28-13-15-6-3-2-4-7-15/h2-12H,13-14H2,1H3,(H,25,26). The van der Waals surface area contributed by atoms with E-state index in [2.05, 4.69) is 5.32 Å². The Hall–Kier alpha value is -2.53. The van der Waals surface area contributed by atoms with Gasteiger partial charge in [-0.3, -0.25) is 4.79 Å². The number of hydrogen-bond acceptors (Lipinski definition) is 3. The van der Waals surface area contributed by atoms with Crippen LogP contribution in [0.5, 0.6) is 5.75 Å². The number of carbonyl (C=O) groups is 1. The van der Waals surface area contributed by atoms with Gasteiger partial charge >= 0.3 is 0 Å². The van der Waals surface area contributed by atoms with Crippen molar-refractivity contribution in [2.24, 2.45) is 0 Å². The van der Waals surface area contributed by atoms with E-state index >= 15 is 0 Å². The largest absolute Gasteiger partial charge is 0.496 e. The van der Waals surface area contributed by atoms with E-state index in [-0.39, 0.29) is 5.91 Å². The summed E-state index contributed by atoms with van der Waals surface area (Å²) < 4.78 is 11.2. The van der Waals surface area contributed by atoms with Gasteiger partial charge in [0.2, 0.25) is 0 Å². The zero-order valence-electron chi connectivity index (χ0n) is 15.2. The van der Waals surface area contributed by atoms with Crippen molar-refractivity contribution in [2.75, 3.05) is 12.4 Å². The lowest BCUT2D eigenvalue weighted by Gasteiger charge is -2.12. The maximum atomic E-state index is 12.6. The minimum atomic E-state index is -0.295. The molecule has 28 heavy (non-hydrogen) atoms. The van der Waals surface area contributed by atoms with Crippen LogP contribution in [-0.2, 0) is 18.0 Å². The predicted octanol–water partition coefficient (Wildman–Crippen LogP) is 5.97. The van der Waals surface area contributed by atoms with Crippen molar-refractivity contribution < 1.29 is 14.3 Å². The van der Waals surface area contributed by atoms with Gasteiger partial charge in [-0.2, -0.15) is 0 Å². The first-order valence-electron chi connectivity index (χ1n) is 8.62. The molecule has 0 saturated carbocycles. The average molecular weight is 416 g/mol. The summed E-state index contributed by atoms with van der Waals surface area (Å²) in [7, 11) is 1.58. The highest BCUT2D eigenvalue weighted by atomic mass is 35.5. The highest BCUT2D eigenvalue weighted by molar-refractivity contribution is 6.44.